The average molecular weight is 393 g/mol. The van der Waals surface area contributed by atoms with Gasteiger partial charge in [0.25, 0.3) is 0 Å². The molecular weight excluding hydrogens is 370 g/mol. The van der Waals surface area contributed by atoms with E-state index >= 15 is 0 Å². The van der Waals surface area contributed by atoms with Crippen LogP contribution in [-0.2, 0) is 14.8 Å². The number of rotatable bonds is 10. The van der Waals surface area contributed by atoms with Gasteiger partial charge in [-0.05, 0) is 55.9 Å². The molecule has 2 aromatic carbocycles. The predicted molar refractivity (Wildman–Crippen MR) is 101 cm³/mol. The lowest BCUT2D eigenvalue weighted by atomic mass is 10.2. The van der Waals surface area contributed by atoms with E-state index in [0.717, 1.165) is 12.2 Å². The minimum atomic E-state index is -3.62. The number of hydrogen-bond donors (Lipinski definition) is 1. The first-order valence-corrected chi connectivity index (χ1v) is 10.0. The SMILES string of the molecule is CCCOc1ccc(OCCOC(=O)c2cccc(S(=O)(=O)NC)c2)cc1. The van der Waals surface area contributed by atoms with Crippen LogP contribution in [0.25, 0.3) is 0 Å². The molecule has 0 aliphatic carbocycles. The van der Waals surface area contributed by atoms with Gasteiger partial charge in [-0.2, -0.15) is 0 Å². The predicted octanol–water partition coefficient (Wildman–Crippen LogP) is 2.62. The molecule has 0 fully saturated rings. The van der Waals surface area contributed by atoms with Crippen LogP contribution in [0.4, 0.5) is 0 Å². The van der Waals surface area contributed by atoms with Gasteiger partial charge in [0.15, 0.2) is 0 Å². The van der Waals surface area contributed by atoms with Crippen LogP contribution in [0.3, 0.4) is 0 Å². The van der Waals surface area contributed by atoms with E-state index in [-0.39, 0.29) is 23.7 Å². The van der Waals surface area contributed by atoms with E-state index in [4.69, 9.17) is 14.2 Å². The Balaban J connectivity index is 1.82. The number of ether oxygens (including phenoxy) is 3. The van der Waals surface area contributed by atoms with Crippen molar-refractivity contribution in [1.82, 2.24) is 4.72 Å². The van der Waals surface area contributed by atoms with Gasteiger partial charge in [0, 0.05) is 0 Å². The van der Waals surface area contributed by atoms with Gasteiger partial charge in [0.05, 0.1) is 17.1 Å². The summed E-state index contributed by atoms with van der Waals surface area (Å²) >= 11 is 0. The lowest BCUT2D eigenvalue weighted by Gasteiger charge is -2.09. The van der Waals surface area contributed by atoms with Crippen molar-refractivity contribution >= 4 is 16.0 Å². The lowest BCUT2D eigenvalue weighted by Crippen LogP contribution is -2.19. The molecule has 1 N–H and O–H groups in total. The van der Waals surface area contributed by atoms with E-state index in [0.29, 0.717) is 12.4 Å². The molecule has 8 heteroatoms. The number of hydrogen-bond acceptors (Lipinski definition) is 6. The molecular formula is C19H23NO6S. The van der Waals surface area contributed by atoms with Crippen molar-refractivity contribution in [2.75, 3.05) is 26.9 Å². The van der Waals surface area contributed by atoms with Crippen molar-refractivity contribution in [3.8, 4) is 11.5 Å². The van der Waals surface area contributed by atoms with Crippen LogP contribution < -0.4 is 14.2 Å². The zero-order chi connectivity index (χ0) is 19.7. The third kappa shape index (κ3) is 6.26. The summed E-state index contributed by atoms with van der Waals surface area (Å²) in [6.45, 7) is 2.91. The Morgan fingerprint density at radius 2 is 1.59 bits per heavy atom. The fourth-order valence-electron chi connectivity index (χ4n) is 2.14. The quantitative estimate of drug-likeness (QED) is 0.493. The highest BCUT2D eigenvalue weighted by Gasteiger charge is 2.15. The van der Waals surface area contributed by atoms with Crippen LogP contribution in [0, 0.1) is 0 Å². The van der Waals surface area contributed by atoms with Crippen molar-refractivity contribution in [1.29, 1.82) is 0 Å². The minimum Gasteiger partial charge on any atom is -0.494 e. The molecule has 0 saturated heterocycles. The molecule has 0 bridgehead atoms. The maximum absolute atomic E-state index is 12.1. The van der Waals surface area contributed by atoms with E-state index in [2.05, 4.69) is 4.72 Å². The van der Waals surface area contributed by atoms with Crippen molar-refractivity contribution < 1.29 is 27.4 Å². The van der Waals surface area contributed by atoms with E-state index in [9.17, 15) is 13.2 Å². The van der Waals surface area contributed by atoms with Crippen molar-refractivity contribution in [3.05, 3.63) is 54.1 Å². The molecule has 27 heavy (non-hydrogen) atoms. The van der Waals surface area contributed by atoms with Gasteiger partial charge in [0.1, 0.15) is 24.7 Å². The summed E-state index contributed by atoms with van der Waals surface area (Å²) in [4.78, 5) is 12.1. The summed E-state index contributed by atoms with van der Waals surface area (Å²) < 4.78 is 41.9. The Morgan fingerprint density at radius 1 is 0.963 bits per heavy atom. The standard InChI is InChI=1S/C19H23NO6S/c1-3-11-24-16-7-9-17(10-8-16)25-12-13-26-19(21)15-5-4-6-18(14-15)27(22,23)20-2/h4-10,14,20H,3,11-13H2,1-2H3. The molecule has 7 nitrogen and oxygen atoms in total. The molecule has 0 saturated carbocycles. The molecule has 0 spiro atoms. The largest absolute Gasteiger partial charge is 0.494 e. The first kappa shape index (κ1) is 20.7. The molecule has 0 heterocycles. The van der Waals surface area contributed by atoms with Gasteiger partial charge in [-0.1, -0.05) is 13.0 Å². The second kappa shape index (κ2) is 9.94. The summed E-state index contributed by atoms with van der Waals surface area (Å²) in [5.41, 5.74) is 0.156. The maximum Gasteiger partial charge on any atom is 0.338 e. The van der Waals surface area contributed by atoms with Crippen LogP contribution in [0.5, 0.6) is 11.5 Å². The van der Waals surface area contributed by atoms with Gasteiger partial charge >= 0.3 is 5.97 Å². The topological polar surface area (TPSA) is 90.9 Å². The van der Waals surface area contributed by atoms with Crippen LogP contribution >= 0.6 is 0 Å². The van der Waals surface area contributed by atoms with Gasteiger partial charge in [-0.3, -0.25) is 0 Å². The zero-order valence-corrected chi connectivity index (χ0v) is 16.1. The molecule has 0 aliphatic heterocycles. The normalized spacial score (nSPS) is 11.0. The van der Waals surface area contributed by atoms with Gasteiger partial charge in [-0.25, -0.2) is 17.9 Å². The highest BCUT2D eigenvalue weighted by Crippen LogP contribution is 2.18. The Hall–Kier alpha value is -2.58. The number of esters is 1. The Kier molecular flexibility index (Phi) is 7.63. The highest BCUT2D eigenvalue weighted by atomic mass is 32.2. The number of benzene rings is 2. The average Bonchev–Trinajstić information content (AvgIpc) is 2.70. The molecule has 2 aromatic rings. The summed E-state index contributed by atoms with van der Waals surface area (Å²) in [7, 11) is -2.31. The molecule has 2 rings (SSSR count). The maximum atomic E-state index is 12.1. The van der Waals surface area contributed by atoms with Crippen LogP contribution in [0.1, 0.15) is 23.7 Å². The molecule has 0 aromatic heterocycles. The molecule has 0 amide bonds. The summed E-state index contributed by atoms with van der Waals surface area (Å²) in [5.74, 6) is 0.791. The zero-order valence-electron chi connectivity index (χ0n) is 15.3. The third-order valence-corrected chi connectivity index (χ3v) is 4.94. The van der Waals surface area contributed by atoms with Crippen LogP contribution in [0.2, 0.25) is 0 Å². The summed E-state index contributed by atoms with van der Waals surface area (Å²) in [6.07, 6.45) is 0.938. The number of nitrogens with one attached hydrogen (secondary N) is 1. The van der Waals surface area contributed by atoms with Crippen molar-refractivity contribution in [3.63, 3.8) is 0 Å². The minimum absolute atomic E-state index is 0.00100. The Labute approximate surface area is 159 Å². The second-order valence-electron chi connectivity index (χ2n) is 5.54. The van der Waals surface area contributed by atoms with Gasteiger partial charge in [0.2, 0.25) is 10.0 Å². The smallest absolute Gasteiger partial charge is 0.338 e. The van der Waals surface area contributed by atoms with Gasteiger partial charge < -0.3 is 14.2 Å². The Morgan fingerprint density at radius 3 is 2.19 bits per heavy atom. The molecule has 0 unspecified atom stereocenters. The fourth-order valence-corrected chi connectivity index (χ4v) is 2.91. The number of sulfonamides is 1. The lowest BCUT2D eigenvalue weighted by molar-refractivity contribution is 0.0450. The molecule has 0 atom stereocenters. The highest BCUT2D eigenvalue weighted by molar-refractivity contribution is 7.89. The monoisotopic (exact) mass is 393 g/mol. The molecule has 146 valence electrons. The first-order chi connectivity index (χ1) is 13.0. The second-order valence-corrected chi connectivity index (χ2v) is 7.43. The number of carbonyl (C=O) groups is 1. The molecule has 0 radical (unpaired) electrons. The summed E-state index contributed by atoms with van der Waals surface area (Å²) in [6, 6.07) is 12.8. The van der Waals surface area contributed by atoms with Crippen molar-refractivity contribution in [2.24, 2.45) is 0 Å². The fraction of sp³-hybridized carbons (Fsp3) is 0.316. The van der Waals surface area contributed by atoms with Crippen molar-refractivity contribution in [2.45, 2.75) is 18.2 Å². The van der Waals surface area contributed by atoms with E-state index in [1.165, 1.54) is 31.3 Å². The van der Waals surface area contributed by atoms with E-state index in [1.54, 1.807) is 12.1 Å². The summed E-state index contributed by atoms with van der Waals surface area (Å²) in [5, 5.41) is 0. The molecule has 0 aliphatic rings. The van der Waals surface area contributed by atoms with Crippen LogP contribution in [-0.4, -0.2) is 41.3 Å². The van der Waals surface area contributed by atoms with Gasteiger partial charge in [-0.15, -0.1) is 0 Å². The Bertz CT molecular complexity index is 849. The van der Waals surface area contributed by atoms with E-state index in [1.807, 2.05) is 19.1 Å². The number of carbonyl (C=O) groups excluding carboxylic acids is 1. The van der Waals surface area contributed by atoms with E-state index < -0.39 is 16.0 Å². The van der Waals surface area contributed by atoms with Crippen LogP contribution in [0.15, 0.2) is 53.4 Å². The first-order valence-electron chi connectivity index (χ1n) is 8.52. The third-order valence-electron chi connectivity index (χ3n) is 3.53.